The van der Waals surface area contributed by atoms with Crippen LogP contribution in [-0.2, 0) is 0 Å². The summed E-state index contributed by atoms with van der Waals surface area (Å²) in [6.07, 6.45) is 9.74. The summed E-state index contributed by atoms with van der Waals surface area (Å²) >= 11 is 1.32. The van der Waals surface area contributed by atoms with Crippen LogP contribution in [0.25, 0.3) is 50.9 Å². The molecule has 0 radical (unpaired) electrons. The van der Waals surface area contributed by atoms with E-state index in [2.05, 4.69) is 47.3 Å². The molecule has 0 atom stereocenters. The predicted molar refractivity (Wildman–Crippen MR) is 178 cm³/mol. The van der Waals surface area contributed by atoms with Gasteiger partial charge >= 0.3 is 0 Å². The third-order valence-electron chi connectivity index (χ3n) is 7.34. The van der Waals surface area contributed by atoms with Crippen LogP contribution in [0.15, 0.2) is 108 Å². The summed E-state index contributed by atoms with van der Waals surface area (Å²) in [5.74, 6) is 1.34. The summed E-state index contributed by atoms with van der Waals surface area (Å²) in [5.41, 5.74) is 4.34. The Labute approximate surface area is 258 Å². The molecule has 0 saturated heterocycles. The van der Waals surface area contributed by atoms with Gasteiger partial charge in [0.15, 0.2) is 5.82 Å². The second-order valence-corrected chi connectivity index (χ2v) is 11.5. The van der Waals surface area contributed by atoms with Crippen molar-refractivity contribution in [2.45, 2.75) is 19.8 Å². The van der Waals surface area contributed by atoms with E-state index < -0.39 is 0 Å². The molecular formula is C36H29N5O2S. The van der Waals surface area contributed by atoms with Gasteiger partial charge in [0.25, 0.3) is 5.56 Å². The maximum absolute atomic E-state index is 13.4. The van der Waals surface area contributed by atoms with Gasteiger partial charge in [-0.2, -0.15) is 14.6 Å². The third kappa shape index (κ3) is 5.67. The van der Waals surface area contributed by atoms with Gasteiger partial charge in [-0.25, -0.2) is 4.68 Å². The average Bonchev–Trinajstić information content (AvgIpc) is 3.75. The van der Waals surface area contributed by atoms with E-state index in [0.717, 1.165) is 64.0 Å². The standard InChI is InChI=1S/C36H29N5O2S/c1-2-3-21-43-31-18-13-25(14-19-31)15-20-33-37-36-41(38-33)35(42)32(44-36)23-29-24-40(30-11-5-4-6-12-30)39-34(29)28-17-16-26-9-7-8-10-27(26)22-28/h4-20,22-24H,2-3,21H2,1H3/b20-15+,32-23-. The zero-order valence-corrected chi connectivity index (χ0v) is 24.9. The molecule has 0 fully saturated rings. The Balaban J connectivity index is 1.21. The monoisotopic (exact) mass is 595 g/mol. The second-order valence-electron chi connectivity index (χ2n) is 10.5. The molecule has 3 heterocycles. The summed E-state index contributed by atoms with van der Waals surface area (Å²) < 4.78 is 9.51. The van der Waals surface area contributed by atoms with E-state index in [1.807, 2.05) is 95.8 Å². The Hall–Kier alpha value is -5.34. The smallest absolute Gasteiger partial charge is 0.291 e. The average molecular weight is 596 g/mol. The number of hydrogen-bond donors (Lipinski definition) is 0. The molecular weight excluding hydrogens is 566 g/mol. The third-order valence-corrected chi connectivity index (χ3v) is 8.30. The minimum atomic E-state index is -0.206. The van der Waals surface area contributed by atoms with E-state index in [1.54, 1.807) is 0 Å². The Morgan fingerprint density at radius 2 is 1.66 bits per heavy atom. The van der Waals surface area contributed by atoms with Gasteiger partial charge in [-0.15, -0.1) is 5.10 Å². The fourth-order valence-corrected chi connectivity index (χ4v) is 5.91. The van der Waals surface area contributed by atoms with Crippen molar-refractivity contribution in [3.63, 3.8) is 0 Å². The van der Waals surface area contributed by atoms with Gasteiger partial charge in [0, 0.05) is 17.3 Å². The molecule has 4 aromatic carbocycles. The van der Waals surface area contributed by atoms with Crippen LogP contribution in [0.1, 0.15) is 36.7 Å². The number of fused-ring (bicyclic) bond motifs is 2. The summed E-state index contributed by atoms with van der Waals surface area (Å²) in [5, 5.41) is 11.7. The fraction of sp³-hybridized carbons (Fsp3) is 0.111. The lowest BCUT2D eigenvalue weighted by Crippen LogP contribution is -2.23. The largest absolute Gasteiger partial charge is 0.494 e. The maximum atomic E-state index is 13.4. The molecule has 0 unspecified atom stereocenters. The maximum Gasteiger partial charge on any atom is 0.291 e. The molecule has 0 aliphatic heterocycles. The highest BCUT2D eigenvalue weighted by molar-refractivity contribution is 7.15. The van der Waals surface area contributed by atoms with Crippen LogP contribution in [0.5, 0.6) is 5.75 Å². The first-order valence-corrected chi connectivity index (χ1v) is 15.4. The number of thiazole rings is 1. The van der Waals surface area contributed by atoms with Crippen molar-refractivity contribution in [2.24, 2.45) is 0 Å². The molecule has 7 aromatic rings. The highest BCUT2D eigenvalue weighted by atomic mass is 32.1. The van der Waals surface area contributed by atoms with Gasteiger partial charge in [0.2, 0.25) is 4.96 Å². The molecule has 0 saturated carbocycles. The molecule has 0 bridgehead atoms. The van der Waals surface area contributed by atoms with Crippen molar-refractivity contribution in [1.29, 1.82) is 0 Å². The van der Waals surface area contributed by atoms with Crippen molar-refractivity contribution in [3.8, 4) is 22.7 Å². The van der Waals surface area contributed by atoms with Gasteiger partial charge in [-0.05, 0) is 65.2 Å². The fourth-order valence-electron chi connectivity index (χ4n) is 5.01. The first-order valence-electron chi connectivity index (χ1n) is 14.6. The van der Waals surface area contributed by atoms with Crippen molar-refractivity contribution in [1.82, 2.24) is 24.4 Å². The summed E-state index contributed by atoms with van der Waals surface area (Å²) in [7, 11) is 0. The summed E-state index contributed by atoms with van der Waals surface area (Å²) in [6.45, 7) is 2.86. The molecule has 0 spiro atoms. The quantitative estimate of drug-likeness (QED) is 0.167. The van der Waals surface area contributed by atoms with Gasteiger partial charge in [0.1, 0.15) is 11.4 Å². The number of aromatic nitrogens is 5. The first kappa shape index (κ1) is 27.5. The number of unbranched alkanes of at least 4 members (excludes halogenated alkanes) is 1. The summed E-state index contributed by atoms with van der Waals surface area (Å²) in [4.78, 5) is 18.6. The molecule has 44 heavy (non-hydrogen) atoms. The van der Waals surface area contributed by atoms with Gasteiger partial charge in [0.05, 0.1) is 16.8 Å². The number of benzene rings is 4. The number of nitrogens with zero attached hydrogens (tertiary/aromatic N) is 5. The molecule has 0 aliphatic rings. The molecule has 0 N–H and O–H groups in total. The summed E-state index contributed by atoms with van der Waals surface area (Å²) in [6, 6.07) is 32.4. The van der Waals surface area contributed by atoms with Crippen LogP contribution in [0.4, 0.5) is 0 Å². The van der Waals surface area contributed by atoms with E-state index in [0.29, 0.717) is 15.3 Å². The minimum Gasteiger partial charge on any atom is -0.494 e. The Morgan fingerprint density at radius 1 is 0.864 bits per heavy atom. The van der Waals surface area contributed by atoms with E-state index in [9.17, 15) is 4.79 Å². The Kier molecular flexibility index (Phi) is 7.56. The number of ether oxygens (including phenoxy) is 1. The molecule has 7 rings (SSSR count). The topological polar surface area (TPSA) is 74.3 Å². The van der Waals surface area contributed by atoms with Gasteiger partial charge < -0.3 is 4.74 Å². The lowest BCUT2D eigenvalue weighted by Gasteiger charge is -2.04. The lowest BCUT2D eigenvalue weighted by molar-refractivity contribution is 0.309. The van der Waals surface area contributed by atoms with E-state index in [1.165, 1.54) is 15.9 Å². The van der Waals surface area contributed by atoms with E-state index in [-0.39, 0.29) is 5.56 Å². The Morgan fingerprint density at radius 3 is 2.45 bits per heavy atom. The number of hydrogen-bond acceptors (Lipinski definition) is 6. The predicted octanol–water partition coefficient (Wildman–Crippen LogP) is 7.05. The van der Waals surface area contributed by atoms with Crippen LogP contribution in [-0.4, -0.2) is 31.0 Å². The number of rotatable bonds is 9. The Bertz CT molecular complexity index is 2210. The van der Waals surface area contributed by atoms with Crippen molar-refractivity contribution >= 4 is 45.3 Å². The zero-order valence-electron chi connectivity index (χ0n) is 24.1. The zero-order chi connectivity index (χ0) is 29.9. The first-order chi connectivity index (χ1) is 21.6. The molecule has 216 valence electrons. The highest BCUT2D eigenvalue weighted by Crippen LogP contribution is 2.28. The van der Waals surface area contributed by atoms with Crippen molar-refractivity contribution in [3.05, 3.63) is 135 Å². The van der Waals surface area contributed by atoms with Gasteiger partial charge in [-0.1, -0.05) is 97.5 Å². The van der Waals surface area contributed by atoms with Crippen molar-refractivity contribution in [2.75, 3.05) is 6.61 Å². The molecule has 3 aromatic heterocycles. The molecule has 0 aliphatic carbocycles. The van der Waals surface area contributed by atoms with Crippen LogP contribution in [0.3, 0.4) is 0 Å². The highest BCUT2D eigenvalue weighted by Gasteiger charge is 2.14. The van der Waals surface area contributed by atoms with Crippen LogP contribution < -0.4 is 14.8 Å². The molecule has 0 amide bonds. The van der Waals surface area contributed by atoms with E-state index >= 15 is 0 Å². The minimum absolute atomic E-state index is 0.206. The van der Waals surface area contributed by atoms with Crippen molar-refractivity contribution < 1.29 is 4.74 Å². The normalized spacial score (nSPS) is 12.2. The SMILES string of the molecule is CCCCOc1ccc(/C=C/c2nc3s/c(=C\c4cn(-c5ccccc5)nc4-c4ccc5ccccc5c4)c(=O)n3n2)cc1. The lowest BCUT2D eigenvalue weighted by atomic mass is 10.0. The van der Waals surface area contributed by atoms with E-state index in [4.69, 9.17) is 9.84 Å². The van der Waals surface area contributed by atoms with Gasteiger partial charge in [-0.3, -0.25) is 4.79 Å². The molecule has 8 heteroatoms. The van der Waals surface area contributed by atoms with Crippen LogP contribution >= 0.6 is 11.3 Å². The van der Waals surface area contributed by atoms with Crippen LogP contribution in [0.2, 0.25) is 0 Å². The second kappa shape index (κ2) is 12.1. The number of para-hydroxylation sites is 1. The molecule has 7 nitrogen and oxygen atoms in total. The van der Waals surface area contributed by atoms with Crippen LogP contribution in [0, 0.1) is 0 Å².